The third-order valence-corrected chi connectivity index (χ3v) is 4.58. The second kappa shape index (κ2) is 4.79. The van der Waals surface area contributed by atoms with Crippen molar-refractivity contribution in [1.82, 2.24) is 9.55 Å². The molecule has 20 heavy (non-hydrogen) atoms. The van der Waals surface area contributed by atoms with Crippen molar-refractivity contribution < 1.29 is 0 Å². The number of alkyl halides is 1. The summed E-state index contributed by atoms with van der Waals surface area (Å²) >= 11 is 6.30. The van der Waals surface area contributed by atoms with E-state index < -0.39 is 0 Å². The van der Waals surface area contributed by atoms with Crippen LogP contribution in [-0.4, -0.2) is 9.55 Å². The van der Waals surface area contributed by atoms with Crippen LogP contribution in [-0.2, 0) is 6.54 Å². The molecule has 1 aliphatic carbocycles. The Hall–Kier alpha value is -1.53. The first kappa shape index (κ1) is 13.5. The van der Waals surface area contributed by atoms with E-state index in [1.165, 1.54) is 19.3 Å². The minimum atomic E-state index is -0.155. The van der Waals surface area contributed by atoms with Gasteiger partial charge in [-0.3, -0.25) is 0 Å². The lowest BCUT2D eigenvalue weighted by atomic mass is 9.70. The lowest BCUT2D eigenvalue weighted by Gasteiger charge is -2.39. The highest BCUT2D eigenvalue weighted by atomic mass is 35.5. The SMILES string of the molecule is CC(Cl)c1nc2c(C#N)cccc2n1CC1(C)CCC1. The van der Waals surface area contributed by atoms with E-state index in [0.29, 0.717) is 11.0 Å². The molecule has 1 saturated carbocycles. The number of nitrogens with zero attached hydrogens (tertiary/aromatic N) is 3. The van der Waals surface area contributed by atoms with E-state index in [-0.39, 0.29) is 5.38 Å². The summed E-state index contributed by atoms with van der Waals surface area (Å²) in [6.45, 7) is 5.19. The van der Waals surface area contributed by atoms with Gasteiger partial charge in [-0.1, -0.05) is 19.4 Å². The van der Waals surface area contributed by atoms with Crippen molar-refractivity contribution in [2.45, 2.75) is 45.0 Å². The van der Waals surface area contributed by atoms with Gasteiger partial charge in [0.15, 0.2) is 0 Å². The standard InChI is InChI=1S/C16H18ClN3/c1-11(17)15-19-14-12(9-18)5-3-6-13(14)20(15)10-16(2)7-4-8-16/h3,5-6,11H,4,7-8,10H2,1-2H3. The van der Waals surface area contributed by atoms with Crippen LogP contribution in [0.1, 0.15) is 49.9 Å². The molecule has 1 aromatic carbocycles. The fourth-order valence-corrected chi connectivity index (χ4v) is 3.21. The fourth-order valence-electron chi connectivity index (χ4n) is 3.05. The number of para-hydroxylation sites is 1. The molecule has 2 aromatic rings. The van der Waals surface area contributed by atoms with E-state index in [1.54, 1.807) is 0 Å². The highest BCUT2D eigenvalue weighted by Crippen LogP contribution is 2.43. The van der Waals surface area contributed by atoms with Crippen molar-refractivity contribution in [3.05, 3.63) is 29.6 Å². The van der Waals surface area contributed by atoms with Gasteiger partial charge in [0.25, 0.3) is 0 Å². The van der Waals surface area contributed by atoms with Crippen LogP contribution < -0.4 is 0 Å². The Morgan fingerprint density at radius 2 is 2.25 bits per heavy atom. The van der Waals surface area contributed by atoms with Gasteiger partial charge in [-0.05, 0) is 37.3 Å². The van der Waals surface area contributed by atoms with Crippen molar-refractivity contribution in [3.8, 4) is 6.07 Å². The van der Waals surface area contributed by atoms with Crippen molar-refractivity contribution in [2.75, 3.05) is 0 Å². The second-order valence-corrected chi connectivity index (χ2v) is 6.78. The van der Waals surface area contributed by atoms with E-state index in [9.17, 15) is 5.26 Å². The first-order chi connectivity index (χ1) is 9.54. The molecule has 1 heterocycles. The van der Waals surface area contributed by atoms with Gasteiger partial charge in [0.2, 0.25) is 0 Å². The lowest BCUT2D eigenvalue weighted by Crippen LogP contribution is -2.31. The number of hydrogen-bond donors (Lipinski definition) is 0. The normalized spacial score (nSPS) is 18.5. The predicted octanol–water partition coefficient (Wildman–Crippen LogP) is 4.40. The van der Waals surface area contributed by atoms with Gasteiger partial charge in [-0.2, -0.15) is 5.26 Å². The molecule has 3 nitrogen and oxygen atoms in total. The predicted molar refractivity (Wildman–Crippen MR) is 80.7 cm³/mol. The van der Waals surface area contributed by atoms with Crippen molar-refractivity contribution >= 4 is 22.6 Å². The Bertz CT molecular complexity index is 690. The number of aromatic nitrogens is 2. The summed E-state index contributed by atoms with van der Waals surface area (Å²) in [6.07, 6.45) is 3.81. The van der Waals surface area contributed by atoms with Crippen LogP contribution in [0.4, 0.5) is 0 Å². The third kappa shape index (κ3) is 2.09. The maximum Gasteiger partial charge on any atom is 0.127 e. The van der Waals surface area contributed by atoms with Gasteiger partial charge < -0.3 is 4.57 Å². The van der Waals surface area contributed by atoms with Crippen LogP contribution in [0.3, 0.4) is 0 Å². The number of hydrogen-bond acceptors (Lipinski definition) is 2. The molecular weight excluding hydrogens is 270 g/mol. The smallest absolute Gasteiger partial charge is 0.127 e. The summed E-state index contributed by atoms with van der Waals surface area (Å²) in [5, 5.41) is 9.08. The Labute approximate surface area is 124 Å². The maximum absolute atomic E-state index is 9.23. The molecule has 1 aliphatic rings. The Morgan fingerprint density at radius 3 is 2.80 bits per heavy atom. The average molecular weight is 288 g/mol. The Balaban J connectivity index is 2.17. The zero-order valence-corrected chi connectivity index (χ0v) is 12.6. The third-order valence-electron chi connectivity index (χ3n) is 4.39. The Kier molecular flexibility index (Phi) is 3.22. The second-order valence-electron chi connectivity index (χ2n) is 6.12. The molecule has 0 radical (unpaired) electrons. The highest BCUT2D eigenvalue weighted by molar-refractivity contribution is 6.20. The zero-order chi connectivity index (χ0) is 14.3. The molecule has 1 unspecified atom stereocenters. The first-order valence-electron chi connectivity index (χ1n) is 7.07. The highest BCUT2D eigenvalue weighted by Gasteiger charge is 2.33. The van der Waals surface area contributed by atoms with Crippen LogP contribution in [0.2, 0.25) is 0 Å². The molecule has 0 aliphatic heterocycles. The van der Waals surface area contributed by atoms with E-state index in [0.717, 1.165) is 23.4 Å². The fraction of sp³-hybridized carbons (Fsp3) is 0.500. The summed E-state index contributed by atoms with van der Waals surface area (Å²) in [5.74, 6) is 0.873. The molecule has 0 bridgehead atoms. The molecule has 0 N–H and O–H groups in total. The van der Waals surface area contributed by atoms with E-state index in [4.69, 9.17) is 11.6 Å². The van der Waals surface area contributed by atoms with Crippen LogP contribution in [0, 0.1) is 16.7 Å². The molecule has 1 aromatic heterocycles. The summed E-state index contributed by atoms with van der Waals surface area (Å²) < 4.78 is 2.22. The van der Waals surface area contributed by atoms with Gasteiger partial charge in [0.1, 0.15) is 17.4 Å². The van der Waals surface area contributed by atoms with Gasteiger partial charge in [0.05, 0.1) is 16.5 Å². The maximum atomic E-state index is 9.23. The Morgan fingerprint density at radius 1 is 1.50 bits per heavy atom. The number of halogens is 1. The van der Waals surface area contributed by atoms with Crippen LogP contribution in [0.5, 0.6) is 0 Å². The topological polar surface area (TPSA) is 41.6 Å². The molecule has 1 atom stereocenters. The molecule has 0 spiro atoms. The summed E-state index contributed by atoms with van der Waals surface area (Å²) in [5.41, 5.74) is 2.77. The summed E-state index contributed by atoms with van der Waals surface area (Å²) in [7, 11) is 0. The first-order valence-corrected chi connectivity index (χ1v) is 7.51. The van der Waals surface area contributed by atoms with Crippen molar-refractivity contribution in [2.24, 2.45) is 5.41 Å². The van der Waals surface area contributed by atoms with Crippen LogP contribution in [0.25, 0.3) is 11.0 Å². The minimum Gasteiger partial charge on any atom is -0.326 e. The van der Waals surface area contributed by atoms with Gasteiger partial charge in [0, 0.05) is 6.54 Å². The van der Waals surface area contributed by atoms with Gasteiger partial charge in [-0.25, -0.2) is 4.98 Å². The van der Waals surface area contributed by atoms with E-state index in [1.807, 2.05) is 25.1 Å². The van der Waals surface area contributed by atoms with Gasteiger partial charge >= 0.3 is 0 Å². The van der Waals surface area contributed by atoms with Crippen molar-refractivity contribution in [3.63, 3.8) is 0 Å². The number of benzene rings is 1. The minimum absolute atomic E-state index is 0.155. The van der Waals surface area contributed by atoms with E-state index in [2.05, 4.69) is 22.5 Å². The van der Waals surface area contributed by atoms with Crippen LogP contribution in [0.15, 0.2) is 18.2 Å². The number of nitriles is 1. The molecule has 3 rings (SSSR count). The monoisotopic (exact) mass is 287 g/mol. The number of imidazole rings is 1. The summed E-state index contributed by atoms with van der Waals surface area (Å²) in [6, 6.07) is 7.99. The largest absolute Gasteiger partial charge is 0.326 e. The summed E-state index contributed by atoms with van der Waals surface area (Å²) in [4.78, 5) is 4.63. The van der Waals surface area contributed by atoms with E-state index >= 15 is 0 Å². The average Bonchev–Trinajstić information content (AvgIpc) is 2.76. The molecule has 0 saturated heterocycles. The number of fused-ring (bicyclic) bond motifs is 1. The molecule has 1 fully saturated rings. The molecular formula is C16H18ClN3. The quantitative estimate of drug-likeness (QED) is 0.785. The van der Waals surface area contributed by atoms with Crippen molar-refractivity contribution in [1.29, 1.82) is 5.26 Å². The van der Waals surface area contributed by atoms with Crippen LogP contribution >= 0.6 is 11.6 Å². The lowest BCUT2D eigenvalue weighted by molar-refractivity contribution is 0.132. The zero-order valence-electron chi connectivity index (χ0n) is 11.9. The van der Waals surface area contributed by atoms with Gasteiger partial charge in [-0.15, -0.1) is 11.6 Å². The molecule has 104 valence electrons. The number of rotatable bonds is 3. The molecule has 4 heteroatoms. The molecule has 0 amide bonds.